The average molecular weight is 406 g/mol. The predicted molar refractivity (Wildman–Crippen MR) is 121 cm³/mol. The molecule has 1 aliphatic rings. The van der Waals surface area contributed by atoms with Crippen LogP contribution in [-0.4, -0.2) is 24.0 Å². The van der Waals surface area contributed by atoms with Crippen molar-refractivity contribution in [3.8, 4) is 17.0 Å². The van der Waals surface area contributed by atoms with Crippen LogP contribution in [0.2, 0.25) is 0 Å². The molecule has 0 amide bonds. The van der Waals surface area contributed by atoms with Gasteiger partial charge in [0.05, 0.1) is 18.5 Å². The molecule has 0 N–H and O–H groups in total. The van der Waals surface area contributed by atoms with Gasteiger partial charge in [0.15, 0.2) is 0 Å². The van der Waals surface area contributed by atoms with Crippen LogP contribution in [0, 0.1) is 13.8 Å². The van der Waals surface area contributed by atoms with Gasteiger partial charge in [0.1, 0.15) is 5.75 Å². The number of aryl methyl sites for hydroxylation is 2. The van der Waals surface area contributed by atoms with Gasteiger partial charge in [-0.2, -0.15) is 5.10 Å². The fourth-order valence-corrected chi connectivity index (χ4v) is 4.87. The summed E-state index contributed by atoms with van der Waals surface area (Å²) in [6.45, 7) is 7.18. The third-order valence-corrected chi connectivity index (χ3v) is 6.21. The van der Waals surface area contributed by atoms with Crippen LogP contribution in [0.15, 0.2) is 51.9 Å². The van der Waals surface area contributed by atoms with Crippen LogP contribution in [-0.2, 0) is 6.42 Å². The van der Waals surface area contributed by atoms with E-state index in [1.54, 1.807) is 18.4 Å². The van der Waals surface area contributed by atoms with Crippen molar-refractivity contribution in [2.75, 3.05) is 13.7 Å². The summed E-state index contributed by atoms with van der Waals surface area (Å²) in [7, 11) is 1.69. The van der Waals surface area contributed by atoms with Crippen LogP contribution >= 0.6 is 11.3 Å². The maximum Gasteiger partial charge on any atom is 0.206 e. The van der Waals surface area contributed by atoms with E-state index in [4.69, 9.17) is 14.8 Å². The topological polar surface area (TPSA) is 38.9 Å². The fraction of sp³-hybridized carbons (Fsp3) is 0.333. The van der Waals surface area contributed by atoms with Crippen LogP contribution in [0.25, 0.3) is 11.3 Å². The summed E-state index contributed by atoms with van der Waals surface area (Å²) in [6.07, 6.45) is 3.26. The van der Waals surface area contributed by atoms with Gasteiger partial charge >= 0.3 is 0 Å². The van der Waals surface area contributed by atoms with Crippen LogP contribution in [0.5, 0.6) is 5.75 Å². The maximum atomic E-state index is 5.31. The second kappa shape index (κ2) is 8.37. The van der Waals surface area contributed by atoms with Crippen LogP contribution in [0.4, 0.5) is 0 Å². The largest absolute Gasteiger partial charge is 0.497 e. The van der Waals surface area contributed by atoms with Gasteiger partial charge in [-0.25, -0.2) is 4.68 Å². The Morgan fingerprint density at radius 1 is 1.10 bits per heavy atom. The molecule has 1 heterocycles. The van der Waals surface area contributed by atoms with Crippen molar-refractivity contribution in [3.63, 3.8) is 0 Å². The lowest BCUT2D eigenvalue weighted by atomic mass is 9.86. The molecule has 0 saturated carbocycles. The molecule has 3 aromatic rings. The molecule has 0 bridgehead atoms. The molecule has 0 aliphatic heterocycles. The van der Waals surface area contributed by atoms with Gasteiger partial charge in [-0.1, -0.05) is 11.6 Å². The smallest absolute Gasteiger partial charge is 0.206 e. The third kappa shape index (κ3) is 3.92. The molecule has 4 rings (SSSR count). The van der Waals surface area contributed by atoms with E-state index < -0.39 is 0 Å². The first-order valence-corrected chi connectivity index (χ1v) is 11.0. The van der Waals surface area contributed by atoms with Gasteiger partial charge in [0.2, 0.25) is 4.80 Å². The molecule has 150 valence electrons. The lowest BCUT2D eigenvalue weighted by Crippen LogP contribution is -2.19. The minimum Gasteiger partial charge on any atom is -0.497 e. The van der Waals surface area contributed by atoms with Crippen molar-refractivity contribution in [2.24, 2.45) is 10.1 Å². The van der Waals surface area contributed by atoms with Gasteiger partial charge in [-0.15, -0.1) is 11.3 Å². The SMILES string of the molecule is CCN=c1scc(-c2ccc(OC)cc2)n1/N=C1\CCCc2c(C)cc(C)cc21. The molecule has 0 fully saturated rings. The summed E-state index contributed by atoms with van der Waals surface area (Å²) in [5.74, 6) is 0.854. The summed E-state index contributed by atoms with van der Waals surface area (Å²) in [5.41, 5.74) is 8.74. The molecule has 5 heteroatoms. The monoisotopic (exact) mass is 405 g/mol. The normalized spacial score (nSPS) is 15.6. The highest BCUT2D eigenvalue weighted by molar-refractivity contribution is 7.07. The standard InChI is InChI=1S/C24H27N3OS/c1-5-25-24-27(23(15-29-24)18-9-11-19(28-4)12-10-18)26-22-8-6-7-20-17(3)13-16(2)14-21(20)22/h9-15H,5-8H2,1-4H3/b25-24?,26-22+. The Kier molecular flexibility index (Phi) is 5.67. The van der Waals surface area contributed by atoms with Crippen LogP contribution < -0.4 is 9.54 Å². The van der Waals surface area contributed by atoms with Crippen molar-refractivity contribution in [1.82, 2.24) is 4.68 Å². The predicted octanol–water partition coefficient (Wildman–Crippen LogP) is 5.35. The lowest BCUT2D eigenvalue weighted by molar-refractivity contribution is 0.415. The molecular formula is C24H27N3OS. The van der Waals surface area contributed by atoms with Crippen molar-refractivity contribution < 1.29 is 4.74 Å². The van der Waals surface area contributed by atoms with E-state index in [1.165, 1.54) is 22.3 Å². The Labute approximate surface area is 176 Å². The average Bonchev–Trinajstić information content (AvgIpc) is 3.11. The minimum absolute atomic E-state index is 0.738. The number of nitrogens with zero attached hydrogens (tertiary/aromatic N) is 3. The van der Waals surface area contributed by atoms with Gasteiger partial charge in [0.25, 0.3) is 0 Å². The Bertz CT molecular complexity index is 1120. The summed E-state index contributed by atoms with van der Waals surface area (Å²) < 4.78 is 7.34. The van der Waals surface area contributed by atoms with E-state index in [0.29, 0.717) is 0 Å². The number of fused-ring (bicyclic) bond motifs is 1. The van der Waals surface area contributed by atoms with Crippen molar-refractivity contribution in [3.05, 3.63) is 68.8 Å². The molecular weight excluding hydrogens is 378 g/mol. The number of hydrogen-bond donors (Lipinski definition) is 0. The number of aromatic nitrogens is 1. The third-order valence-electron chi connectivity index (χ3n) is 5.35. The lowest BCUT2D eigenvalue weighted by Gasteiger charge is -2.21. The highest BCUT2D eigenvalue weighted by atomic mass is 32.1. The Hall–Kier alpha value is -2.66. The molecule has 4 nitrogen and oxygen atoms in total. The van der Waals surface area contributed by atoms with Crippen LogP contribution in [0.1, 0.15) is 42.0 Å². The van der Waals surface area contributed by atoms with Crippen molar-refractivity contribution >= 4 is 17.0 Å². The highest BCUT2D eigenvalue weighted by Crippen LogP contribution is 2.28. The summed E-state index contributed by atoms with van der Waals surface area (Å²) in [5, 5.41) is 7.30. The number of rotatable bonds is 4. The van der Waals surface area contributed by atoms with Crippen molar-refractivity contribution in [1.29, 1.82) is 0 Å². The van der Waals surface area contributed by atoms with E-state index >= 15 is 0 Å². The number of methoxy groups -OCH3 is 1. The minimum atomic E-state index is 0.738. The number of benzene rings is 2. The number of hydrogen-bond acceptors (Lipinski definition) is 4. The molecule has 29 heavy (non-hydrogen) atoms. The summed E-state index contributed by atoms with van der Waals surface area (Å²) in [6, 6.07) is 12.7. The van der Waals surface area contributed by atoms with Gasteiger partial charge in [0, 0.05) is 23.1 Å². The second-order valence-electron chi connectivity index (χ2n) is 7.43. The van der Waals surface area contributed by atoms with Crippen molar-refractivity contribution in [2.45, 2.75) is 40.0 Å². The zero-order chi connectivity index (χ0) is 20.4. The molecule has 1 aliphatic carbocycles. The number of thiazole rings is 1. The van der Waals surface area contributed by atoms with Gasteiger partial charge < -0.3 is 4.74 Å². The highest BCUT2D eigenvalue weighted by Gasteiger charge is 2.19. The second-order valence-corrected chi connectivity index (χ2v) is 8.26. The summed E-state index contributed by atoms with van der Waals surface area (Å²) in [4.78, 5) is 5.63. The zero-order valence-corrected chi connectivity index (χ0v) is 18.3. The molecule has 2 aromatic carbocycles. The number of ether oxygens (including phenoxy) is 1. The Morgan fingerprint density at radius 2 is 1.90 bits per heavy atom. The van der Waals surface area contributed by atoms with E-state index in [-0.39, 0.29) is 0 Å². The summed E-state index contributed by atoms with van der Waals surface area (Å²) >= 11 is 1.64. The van der Waals surface area contributed by atoms with E-state index in [0.717, 1.165) is 53.3 Å². The maximum absolute atomic E-state index is 5.31. The van der Waals surface area contributed by atoms with E-state index in [9.17, 15) is 0 Å². The first kappa shape index (κ1) is 19.6. The molecule has 0 radical (unpaired) electrons. The van der Waals surface area contributed by atoms with E-state index in [2.05, 4.69) is 50.4 Å². The molecule has 0 saturated heterocycles. The Morgan fingerprint density at radius 3 is 2.62 bits per heavy atom. The van der Waals surface area contributed by atoms with E-state index in [1.807, 2.05) is 16.8 Å². The van der Waals surface area contributed by atoms with Gasteiger partial charge in [-0.3, -0.25) is 4.99 Å². The molecule has 1 aromatic heterocycles. The molecule has 0 spiro atoms. The first-order valence-electron chi connectivity index (χ1n) is 10.1. The zero-order valence-electron chi connectivity index (χ0n) is 17.5. The molecule has 0 atom stereocenters. The quantitative estimate of drug-likeness (QED) is 0.576. The molecule has 0 unspecified atom stereocenters. The Balaban J connectivity index is 1.88. The first-order chi connectivity index (χ1) is 14.1. The fourth-order valence-electron chi connectivity index (χ4n) is 3.98. The van der Waals surface area contributed by atoms with Crippen LogP contribution in [0.3, 0.4) is 0 Å². The van der Waals surface area contributed by atoms with Gasteiger partial charge in [-0.05, 0) is 81.5 Å².